The van der Waals surface area contributed by atoms with Crippen LogP contribution in [0.15, 0.2) is 24.3 Å². The maximum Gasteiger partial charge on any atom is 0.325 e. The second kappa shape index (κ2) is 8.34. The highest BCUT2D eigenvalue weighted by Gasteiger charge is 2.49. The minimum Gasteiger partial charge on any atom is -0.352 e. The lowest BCUT2D eigenvalue weighted by atomic mass is 9.91. The van der Waals surface area contributed by atoms with Crippen LogP contribution >= 0.6 is 0 Å². The minimum absolute atomic E-state index is 0.0262. The molecule has 1 fully saturated rings. The number of imide groups is 1. The lowest BCUT2D eigenvalue weighted by molar-refractivity contribution is -0.135. The van der Waals surface area contributed by atoms with Gasteiger partial charge in [0.05, 0.1) is 0 Å². The van der Waals surface area contributed by atoms with Gasteiger partial charge in [0.25, 0.3) is 5.91 Å². The highest BCUT2D eigenvalue weighted by Crippen LogP contribution is 2.28. The van der Waals surface area contributed by atoms with Crippen LogP contribution in [0.5, 0.6) is 0 Å². The number of rotatable bonds is 8. The fourth-order valence-corrected chi connectivity index (χ4v) is 3.16. The molecule has 1 heterocycles. The van der Waals surface area contributed by atoms with E-state index in [1.807, 2.05) is 38.1 Å². The molecule has 0 saturated carbocycles. The molecule has 1 aromatic carbocycles. The van der Waals surface area contributed by atoms with E-state index in [2.05, 4.69) is 17.6 Å². The van der Waals surface area contributed by atoms with Gasteiger partial charge in [-0.2, -0.15) is 0 Å². The minimum atomic E-state index is -1.14. The normalized spacial score (nSPS) is 20.8. The zero-order valence-electron chi connectivity index (χ0n) is 16.1. The Morgan fingerprint density at radius 3 is 2.50 bits per heavy atom. The predicted molar refractivity (Wildman–Crippen MR) is 101 cm³/mol. The number of urea groups is 1. The lowest BCUT2D eigenvalue weighted by Crippen LogP contribution is -2.45. The van der Waals surface area contributed by atoms with Crippen LogP contribution in [0.4, 0.5) is 4.79 Å². The largest absolute Gasteiger partial charge is 0.352 e. The molecule has 0 spiro atoms. The molecule has 6 heteroatoms. The van der Waals surface area contributed by atoms with E-state index < -0.39 is 17.5 Å². The third-order valence-electron chi connectivity index (χ3n) is 4.85. The van der Waals surface area contributed by atoms with E-state index in [1.165, 1.54) is 0 Å². The summed E-state index contributed by atoms with van der Waals surface area (Å²) in [4.78, 5) is 38.3. The molecule has 0 bridgehead atoms. The Hall–Kier alpha value is -2.37. The first-order valence-corrected chi connectivity index (χ1v) is 9.28. The number of carbonyl (C=O) groups excluding carboxylic acids is 3. The van der Waals surface area contributed by atoms with Crippen LogP contribution in [-0.2, 0) is 15.1 Å². The summed E-state index contributed by atoms with van der Waals surface area (Å²) in [5, 5.41) is 5.59. The van der Waals surface area contributed by atoms with Crippen LogP contribution in [0.25, 0.3) is 0 Å². The van der Waals surface area contributed by atoms with Crippen molar-refractivity contribution in [3.8, 4) is 0 Å². The molecule has 1 aromatic rings. The third kappa shape index (κ3) is 4.42. The van der Waals surface area contributed by atoms with Crippen molar-refractivity contribution in [2.45, 2.75) is 65.0 Å². The summed E-state index contributed by atoms with van der Waals surface area (Å²) >= 11 is 0. The first kappa shape index (κ1) is 19.9. The molecule has 0 aromatic heterocycles. The van der Waals surface area contributed by atoms with Crippen molar-refractivity contribution in [3.63, 3.8) is 0 Å². The van der Waals surface area contributed by atoms with Gasteiger partial charge in [0, 0.05) is 6.04 Å². The molecular weight excluding hydrogens is 330 g/mol. The molecular formula is C20H29N3O3. The van der Waals surface area contributed by atoms with Crippen LogP contribution in [-0.4, -0.2) is 35.3 Å². The summed E-state index contributed by atoms with van der Waals surface area (Å²) in [5.74, 6) is -0.717. The lowest BCUT2D eigenvalue weighted by Gasteiger charge is -2.22. The zero-order chi connectivity index (χ0) is 19.3. The number of benzene rings is 1. The summed E-state index contributed by atoms with van der Waals surface area (Å²) in [6, 6.07) is 6.94. The van der Waals surface area contributed by atoms with Gasteiger partial charge in [0.2, 0.25) is 5.91 Å². The van der Waals surface area contributed by atoms with Gasteiger partial charge in [-0.3, -0.25) is 14.5 Å². The average Bonchev–Trinajstić information content (AvgIpc) is 2.80. The molecule has 2 unspecified atom stereocenters. The topological polar surface area (TPSA) is 78.5 Å². The van der Waals surface area contributed by atoms with Gasteiger partial charge in [-0.25, -0.2) is 4.79 Å². The Morgan fingerprint density at radius 2 is 1.88 bits per heavy atom. The Morgan fingerprint density at radius 1 is 1.23 bits per heavy atom. The summed E-state index contributed by atoms with van der Waals surface area (Å²) in [6.45, 7) is 7.44. The van der Waals surface area contributed by atoms with Crippen molar-refractivity contribution in [2.24, 2.45) is 0 Å². The van der Waals surface area contributed by atoms with E-state index >= 15 is 0 Å². The van der Waals surface area contributed by atoms with Gasteiger partial charge < -0.3 is 10.6 Å². The number of aryl methyl sites for hydroxylation is 1. The Bertz CT molecular complexity index is 671. The Kier molecular flexibility index (Phi) is 6.40. The molecule has 0 radical (unpaired) electrons. The second-order valence-electron chi connectivity index (χ2n) is 7.28. The number of amides is 4. The van der Waals surface area contributed by atoms with Gasteiger partial charge in [-0.1, -0.05) is 56.0 Å². The SMILES string of the molecule is CCCCCC(C)NC(=O)CN1C(=O)NC(C)(c2ccc(C)cc2)C1=O. The van der Waals surface area contributed by atoms with Crippen molar-refractivity contribution in [1.82, 2.24) is 15.5 Å². The predicted octanol–water partition coefficient (Wildman–Crippen LogP) is 2.85. The van der Waals surface area contributed by atoms with Crippen LogP contribution in [0.3, 0.4) is 0 Å². The van der Waals surface area contributed by atoms with E-state index in [4.69, 9.17) is 0 Å². The first-order valence-electron chi connectivity index (χ1n) is 9.28. The van der Waals surface area contributed by atoms with Gasteiger partial charge in [0.15, 0.2) is 0 Å². The number of nitrogens with one attached hydrogen (secondary N) is 2. The van der Waals surface area contributed by atoms with Crippen LogP contribution in [0.1, 0.15) is 57.6 Å². The maximum absolute atomic E-state index is 12.8. The molecule has 4 amide bonds. The van der Waals surface area contributed by atoms with Crippen LogP contribution in [0, 0.1) is 6.92 Å². The molecule has 0 aliphatic carbocycles. The number of unbranched alkanes of at least 4 members (excludes halogenated alkanes) is 2. The number of hydrogen-bond donors (Lipinski definition) is 2. The van der Waals surface area contributed by atoms with E-state index in [9.17, 15) is 14.4 Å². The van der Waals surface area contributed by atoms with Gasteiger partial charge in [-0.05, 0) is 32.8 Å². The number of carbonyl (C=O) groups is 3. The van der Waals surface area contributed by atoms with Crippen molar-refractivity contribution >= 4 is 17.8 Å². The molecule has 1 aliphatic heterocycles. The fourth-order valence-electron chi connectivity index (χ4n) is 3.16. The Labute approximate surface area is 155 Å². The smallest absolute Gasteiger partial charge is 0.325 e. The first-order chi connectivity index (χ1) is 12.3. The van der Waals surface area contributed by atoms with Gasteiger partial charge >= 0.3 is 6.03 Å². The average molecular weight is 359 g/mol. The van der Waals surface area contributed by atoms with Crippen LogP contribution in [0.2, 0.25) is 0 Å². The van der Waals surface area contributed by atoms with E-state index in [0.717, 1.165) is 36.1 Å². The number of nitrogens with zero attached hydrogens (tertiary/aromatic N) is 1. The number of hydrogen-bond acceptors (Lipinski definition) is 3. The Balaban J connectivity index is 2.00. The standard InChI is InChI=1S/C20H29N3O3/c1-5-6-7-8-15(3)21-17(24)13-23-18(25)20(4,22-19(23)26)16-11-9-14(2)10-12-16/h9-12,15H,5-8,13H2,1-4H3,(H,21,24)(H,22,26). The maximum atomic E-state index is 12.8. The molecule has 142 valence electrons. The molecule has 2 N–H and O–H groups in total. The highest BCUT2D eigenvalue weighted by molar-refractivity contribution is 6.09. The molecule has 26 heavy (non-hydrogen) atoms. The van der Waals surface area contributed by atoms with Crippen LogP contribution < -0.4 is 10.6 Å². The molecule has 2 atom stereocenters. The highest BCUT2D eigenvalue weighted by atomic mass is 16.2. The van der Waals surface area contributed by atoms with Crippen molar-refractivity contribution < 1.29 is 14.4 Å². The summed E-state index contributed by atoms with van der Waals surface area (Å²) in [5.41, 5.74) is 0.636. The van der Waals surface area contributed by atoms with Crippen molar-refractivity contribution in [2.75, 3.05) is 6.54 Å². The van der Waals surface area contributed by atoms with Gasteiger partial charge in [-0.15, -0.1) is 0 Å². The molecule has 1 saturated heterocycles. The summed E-state index contributed by atoms with van der Waals surface area (Å²) < 4.78 is 0. The zero-order valence-corrected chi connectivity index (χ0v) is 16.1. The fraction of sp³-hybridized carbons (Fsp3) is 0.550. The monoisotopic (exact) mass is 359 g/mol. The van der Waals surface area contributed by atoms with E-state index in [1.54, 1.807) is 6.92 Å². The van der Waals surface area contributed by atoms with E-state index in [-0.39, 0.29) is 18.5 Å². The second-order valence-corrected chi connectivity index (χ2v) is 7.28. The van der Waals surface area contributed by atoms with E-state index in [0.29, 0.717) is 5.56 Å². The van der Waals surface area contributed by atoms with Gasteiger partial charge in [0.1, 0.15) is 12.1 Å². The summed E-state index contributed by atoms with van der Waals surface area (Å²) in [7, 11) is 0. The molecule has 2 rings (SSSR count). The molecule has 1 aliphatic rings. The van der Waals surface area contributed by atoms with Crippen molar-refractivity contribution in [3.05, 3.63) is 35.4 Å². The quantitative estimate of drug-likeness (QED) is 0.553. The molecule has 6 nitrogen and oxygen atoms in total. The summed E-state index contributed by atoms with van der Waals surface area (Å²) in [6.07, 6.45) is 4.19. The van der Waals surface area contributed by atoms with Crippen molar-refractivity contribution in [1.29, 1.82) is 0 Å². The third-order valence-corrected chi connectivity index (χ3v) is 4.85.